The van der Waals surface area contributed by atoms with Gasteiger partial charge in [0.05, 0.1) is 5.60 Å². The van der Waals surface area contributed by atoms with Gasteiger partial charge in [0.1, 0.15) is 0 Å². The largest absolute Gasteiger partial charge is 0.379 e. The van der Waals surface area contributed by atoms with Crippen LogP contribution in [0.15, 0.2) is 12.7 Å². The molecule has 0 fully saturated rings. The first-order chi connectivity index (χ1) is 5.89. The van der Waals surface area contributed by atoms with E-state index in [2.05, 4.69) is 27.4 Å². The van der Waals surface area contributed by atoms with Gasteiger partial charge in [0.2, 0.25) is 0 Å². The van der Waals surface area contributed by atoms with E-state index in [9.17, 15) is 0 Å². The lowest BCUT2D eigenvalue weighted by atomic mass is 9.82. The van der Waals surface area contributed by atoms with Crippen molar-refractivity contribution >= 4 is 0 Å². The zero-order chi connectivity index (χ0) is 10.5. The molecule has 0 saturated carbocycles. The molecule has 0 aliphatic rings. The summed E-state index contributed by atoms with van der Waals surface area (Å²) in [4.78, 5) is 0. The predicted octanol–water partition coefficient (Wildman–Crippen LogP) is 2.34. The first-order valence-electron chi connectivity index (χ1n) is 4.78. The van der Waals surface area contributed by atoms with Gasteiger partial charge in [-0.15, -0.1) is 6.58 Å². The molecule has 0 aliphatic carbocycles. The molecule has 2 nitrogen and oxygen atoms in total. The molecule has 13 heavy (non-hydrogen) atoms. The van der Waals surface area contributed by atoms with E-state index in [1.165, 1.54) is 0 Å². The van der Waals surface area contributed by atoms with Crippen molar-refractivity contribution in [2.45, 2.75) is 39.2 Å². The fraction of sp³-hybridized carbons (Fsp3) is 0.818. The maximum atomic E-state index is 5.68. The lowest BCUT2D eigenvalue weighted by Gasteiger charge is -2.29. The number of hydrogen-bond donors (Lipinski definition) is 1. The highest BCUT2D eigenvalue weighted by molar-refractivity contribution is 4.93. The topological polar surface area (TPSA) is 35.2 Å². The highest BCUT2D eigenvalue weighted by Gasteiger charge is 2.24. The Labute approximate surface area is 82.2 Å². The molecule has 0 aromatic rings. The normalized spacial score (nSPS) is 16.7. The second-order valence-corrected chi connectivity index (χ2v) is 4.53. The van der Waals surface area contributed by atoms with Gasteiger partial charge in [0.25, 0.3) is 0 Å². The average Bonchev–Trinajstić information content (AvgIpc) is 2.14. The highest BCUT2D eigenvalue weighted by Crippen LogP contribution is 2.27. The van der Waals surface area contributed by atoms with E-state index < -0.39 is 0 Å². The molecule has 1 atom stereocenters. The minimum Gasteiger partial charge on any atom is -0.379 e. The third-order valence-electron chi connectivity index (χ3n) is 2.81. The first kappa shape index (κ1) is 12.7. The Bertz CT molecular complexity index is 165. The number of rotatable bonds is 6. The van der Waals surface area contributed by atoms with Gasteiger partial charge in [-0.05, 0) is 32.1 Å². The fourth-order valence-corrected chi connectivity index (χ4v) is 0.976. The summed E-state index contributed by atoms with van der Waals surface area (Å²) in [5.41, 5.74) is 5.67. The molecule has 0 aromatic carbocycles. The fourth-order valence-electron chi connectivity index (χ4n) is 0.976. The Morgan fingerprint density at radius 1 is 1.31 bits per heavy atom. The molecular weight excluding hydrogens is 162 g/mol. The van der Waals surface area contributed by atoms with Crippen LogP contribution in [0, 0.1) is 5.41 Å². The SMILES string of the molecule is C=CC(C)(CN)CCC(C)(C)OC. The summed E-state index contributed by atoms with van der Waals surface area (Å²) in [6.07, 6.45) is 3.97. The van der Waals surface area contributed by atoms with Crippen molar-refractivity contribution in [3.63, 3.8) is 0 Å². The molecule has 0 aromatic heterocycles. The van der Waals surface area contributed by atoms with Gasteiger partial charge in [0, 0.05) is 13.7 Å². The molecule has 0 rings (SSSR count). The number of nitrogens with two attached hydrogens (primary N) is 1. The lowest BCUT2D eigenvalue weighted by molar-refractivity contribution is 0.00805. The summed E-state index contributed by atoms with van der Waals surface area (Å²) in [7, 11) is 1.74. The van der Waals surface area contributed by atoms with Crippen molar-refractivity contribution in [3.05, 3.63) is 12.7 Å². The van der Waals surface area contributed by atoms with Crippen molar-refractivity contribution in [1.82, 2.24) is 0 Å². The Morgan fingerprint density at radius 2 is 1.85 bits per heavy atom. The van der Waals surface area contributed by atoms with Crippen LogP contribution in [0.2, 0.25) is 0 Å². The molecule has 0 aliphatic heterocycles. The van der Waals surface area contributed by atoms with Crippen LogP contribution < -0.4 is 5.73 Å². The van der Waals surface area contributed by atoms with Gasteiger partial charge in [0.15, 0.2) is 0 Å². The number of methoxy groups -OCH3 is 1. The third-order valence-corrected chi connectivity index (χ3v) is 2.81. The smallest absolute Gasteiger partial charge is 0.0623 e. The van der Waals surface area contributed by atoms with Crippen LogP contribution in [0.25, 0.3) is 0 Å². The van der Waals surface area contributed by atoms with E-state index in [1.807, 2.05) is 6.08 Å². The molecule has 78 valence electrons. The summed E-state index contributed by atoms with van der Waals surface area (Å²) >= 11 is 0. The zero-order valence-electron chi connectivity index (χ0n) is 9.39. The highest BCUT2D eigenvalue weighted by atomic mass is 16.5. The van der Waals surface area contributed by atoms with Crippen molar-refractivity contribution in [3.8, 4) is 0 Å². The summed E-state index contributed by atoms with van der Waals surface area (Å²) in [6.45, 7) is 10.8. The van der Waals surface area contributed by atoms with Gasteiger partial charge in [-0.3, -0.25) is 0 Å². The number of ether oxygens (including phenoxy) is 1. The van der Waals surface area contributed by atoms with Gasteiger partial charge in [-0.25, -0.2) is 0 Å². The van der Waals surface area contributed by atoms with Crippen molar-refractivity contribution in [1.29, 1.82) is 0 Å². The Hall–Kier alpha value is -0.340. The Balaban J connectivity index is 4.06. The van der Waals surface area contributed by atoms with Crippen molar-refractivity contribution in [2.24, 2.45) is 11.1 Å². The molecule has 0 heterocycles. The maximum absolute atomic E-state index is 5.68. The molecular formula is C11H23NO. The molecule has 0 bridgehead atoms. The molecule has 2 heteroatoms. The van der Waals surface area contributed by atoms with E-state index in [4.69, 9.17) is 10.5 Å². The summed E-state index contributed by atoms with van der Waals surface area (Å²) in [6, 6.07) is 0. The summed E-state index contributed by atoms with van der Waals surface area (Å²) < 4.78 is 5.35. The molecule has 0 spiro atoms. The van der Waals surface area contributed by atoms with Crippen LogP contribution >= 0.6 is 0 Å². The first-order valence-corrected chi connectivity index (χ1v) is 4.78. The Kier molecular flexibility index (Phi) is 4.65. The molecule has 0 saturated heterocycles. The average molecular weight is 185 g/mol. The molecule has 1 unspecified atom stereocenters. The van der Waals surface area contributed by atoms with Crippen LogP contribution in [0.5, 0.6) is 0 Å². The van der Waals surface area contributed by atoms with E-state index in [0.29, 0.717) is 6.54 Å². The van der Waals surface area contributed by atoms with Crippen LogP contribution in [0.3, 0.4) is 0 Å². The van der Waals surface area contributed by atoms with Gasteiger partial charge < -0.3 is 10.5 Å². The van der Waals surface area contributed by atoms with Crippen LogP contribution in [-0.4, -0.2) is 19.3 Å². The van der Waals surface area contributed by atoms with Crippen molar-refractivity contribution < 1.29 is 4.74 Å². The lowest BCUT2D eigenvalue weighted by Crippen LogP contribution is -2.30. The minimum absolute atomic E-state index is 0.0514. The van der Waals surface area contributed by atoms with Gasteiger partial charge in [-0.2, -0.15) is 0 Å². The second-order valence-electron chi connectivity index (χ2n) is 4.53. The van der Waals surface area contributed by atoms with Crippen LogP contribution in [0.4, 0.5) is 0 Å². The maximum Gasteiger partial charge on any atom is 0.0623 e. The minimum atomic E-state index is -0.0561. The van der Waals surface area contributed by atoms with E-state index in [1.54, 1.807) is 7.11 Å². The van der Waals surface area contributed by atoms with Crippen LogP contribution in [0.1, 0.15) is 33.6 Å². The van der Waals surface area contributed by atoms with E-state index in [-0.39, 0.29) is 11.0 Å². The molecule has 0 radical (unpaired) electrons. The van der Waals surface area contributed by atoms with E-state index >= 15 is 0 Å². The summed E-state index contributed by atoms with van der Waals surface area (Å²) in [5, 5.41) is 0. The molecule has 0 amide bonds. The summed E-state index contributed by atoms with van der Waals surface area (Å²) in [5.74, 6) is 0. The monoisotopic (exact) mass is 185 g/mol. The molecule has 2 N–H and O–H groups in total. The Morgan fingerprint density at radius 3 is 2.15 bits per heavy atom. The van der Waals surface area contributed by atoms with Gasteiger partial charge in [-0.1, -0.05) is 13.0 Å². The van der Waals surface area contributed by atoms with E-state index in [0.717, 1.165) is 12.8 Å². The standard InChI is InChI=1S/C11H23NO/c1-6-11(4,9-12)8-7-10(2,3)13-5/h6H,1,7-9,12H2,2-5H3. The zero-order valence-corrected chi connectivity index (χ0v) is 9.39. The van der Waals surface area contributed by atoms with Crippen molar-refractivity contribution in [2.75, 3.05) is 13.7 Å². The van der Waals surface area contributed by atoms with Crippen LogP contribution in [-0.2, 0) is 4.74 Å². The van der Waals surface area contributed by atoms with Gasteiger partial charge >= 0.3 is 0 Å². The third kappa shape index (κ3) is 4.44. The second kappa shape index (κ2) is 4.77. The predicted molar refractivity (Wildman–Crippen MR) is 57.7 cm³/mol. The number of hydrogen-bond acceptors (Lipinski definition) is 2. The quantitative estimate of drug-likeness (QED) is 0.645.